The molecular formula is C27H33N3O4. The van der Waals surface area contributed by atoms with E-state index in [0.717, 1.165) is 60.9 Å². The molecule has 1 aliphatic heterocycles. The number of carbonyl (C=O) groups is 2. The summed E-state index contributed by atoms with van der Waals surface area (Å²) in [6, 6.07) is 7.75. The Morgan fingerprint density at radius 2 is 1.85 bits per heavy atom. The van der Waals surface area contributed by atoms with Gasteiger partial charge < -0.3 is 24.3 Å². The van der Waals surface area contributed by atoms with Gasteiger partial charge in [-0.25, -0.2) is 4.79 Å². The van der Waals surface area contributed by atoms with E-state index in [1.807, 2.05) is 28.6 Å². The quantitative estimate of drug-likeness (QED) is 0.545. The highest BCUT2D eigenvalue weighted by Gasteiger charge is 2.29. The van der Waals surface area contributed by atoms with E-state index in [0.29, 0.717) is 12.0 Å². The molecule has 0 bridgehead atoms. The smallest absolute Gasteiger partial charge is 0.335 e. The van der Waals surface area contributed by atoms with Crippen LogP contribution in [0, 0.1) is 0 Å². The van der Waals surface area contributed by atoms with Gasteiger partial charge in [-0.15, -0.1) is 0 Å². The normalized spacial score (nSPS) is 18.0. The van der Waals surface area contributed by atoms with Crippen molar-refractivity contribution in [2.45, 2.75) is 63.5 Å². The number of aromatic nitrogens is 1. The summed E-state index contributed by atoms with van der Waals surface area (Å²) in [6.45, 7) is 1.66. The number of amides is 1. The average Bonchev–Trinajstić information content (AvgIpc) is 3.50. The minimum atomic E-state index is -0.959. The van der Waals surface area contributed by atoms with Crippen molar-refractivity contribution >= 4 is 22.8 Å². The summed E-state index contributed by atoms with van der Waals surface area (Å²) in [5.74, 6) is -0.495. The van der Waals surface area contributed by atoms with E-state index in [4.69, 9.17) is 4.42 Å². The van der Waals surface area contributed by atoms with E-state index in [-0.39, 0.29) is 18.0 Å². The first-order chi connectivity index (χ1) is 16.6. The van der Waals surface area contributed by atoms with Crippen LogP contribution in [0.15, 0.2) is 41.2 Å². The number of furan rings is 1. The van der Waals surface area contributed by atoms with Crippen LogP contribution in [0.3, 0.4) is 0 Å². The molecule has 1 saturated carbocycles. The number of nitrogens with one attached hydrogen (secondary N) is 1. The number of piperidine rings is 1. The number of aromatic carboxylic acids is 1. The number of nitrogens with zero attached hydrogens (tertiary/aromatic N) is 2. The number of fused-ring (bicyclic) bond motifs is 1. The maximum Gasteiger partial charge on any atom is 0.335 e. The fourth-order valence-corrected chi connectivity index (χ4v) is 5.84. The molecule has 2 aliphatic rings. The van der Waals surface area contributed by atoms with Gasteiger partial charge in [0.15, 0.2) is 0 Å². The second-order valence-electron chi connectivity index (χ2n) is 9.68. The minimum Gasteiger partial charge on any atom is -0.478 e. The molecule has 3 heterocycles. The first kappa shape index (κ1) is 22.7. The van der Waals surface area contributed by atoms with Crippen LogP contribution in [0.25, 0.3) is 22.2 Å². The SMILES string of the molecule is CNC1CCN(C(=O)Cn2c(-c3ccoc3)c(C3CCCCC3)c3ccc(C(=O)O)cc32)CC1. The molecular weight excluding hydrogens is 430 g/mol. The van der Waals surface area contributed by atoms with Gasteiger partial charge in [0.2, 0.25) is 5.91 Å². The molecule has 7 nitrogen and oxygen atoms in total. The molecule has 2 N–H and O–H groups in total. The molecule has 1 saturated heterocycles. The van der Waals surface area contributed by atoms with Crippen LogP contribution in [0.5, 0.6) is 0 Å². The van der Waals surface area contributed by atoms with Gasteiger partial charge in [-0.1, -0.05) is 25.3 Å². The van der Waals surface area contributed by atoms with Crippen molar-refractivity contribution in [2.24, 2.45) is 0 Å². The molecule has 1 amide bonds. The maximum atomic E-state index is 13.5. The monoisotopic (exact) mass is 463 g/mol. The zero-order valence-corrected chi connectivity index (χ0v) is 19.8. The number of benzene rings is 1. The van der Waals surface area contributed by atoms with Crippen LogP contribution in [0.4, 0.5) is 0 Å². The van der Waals surface area contributed by atoms with Crippen LogP contribution in [-0.2, 0) is 11.3 Å². The van der Waals surface area contributed by atoms with Gasteiger partial charge >= 0.3 is 5.97 Å². The van der Waals surface area contributed by atoms with Gasteiger partial charge in [0.05, 0.1) is 29.3 Å². The molecule has 1 aromatic carbocycles. The van der Waals surface area contributed by atoms with E-state index >= 15 is 0 Å². The molecule has 34 heavy (non-hydrogen) atoms. The van der Waals surface area contributed by atoms with Crippen LogP contribution in [-0.4, -0.2) is 52.6 Å². The zero-order chi connectivity index (χ0) is 23.7. The molecule has 3 aromatic rings. The van der Waals surface area contributed by atoms with Gasteiger partial charge in [-0.2, -0.15) is 0 Å². The number of carbonyl (C=O) groups excluding carboxylic acids is 1. The van der Waals surface area contributed by atoms with E-state index in [2.05, 4.69) is 5.32 Å². The fourth-order valence-electron chi connectivity index (χ4n) is 5.84. The predicted octanol–water partition coefficient (Wildman–Crippen LogP) is 4.86. The Labute approximate surface area is 199 Å². The summed E-state index contributed by atoms with van der Waals surface area (Å²) in [6.07, 6.45) is 11.1. The third-order valence-electron chi connectivity index (χ3n) is 7.71. The third-order valence-corrected chi connectivity index (χ3v) is 7.71. The van der Waals surface area contributed by atoms with Gasteiger partial charge in [-0.05, 0) is 62.4 Å². The second-order valence-corrected chi connectivity index (χ2v) is 9.68. The van der Waals surface area contributed by atoms with Crippen LogP contribution >= 0.6 is 0 Å². The Hall–Kier alpha value is -3.06. The van der Waals surface area contributed by atoms with Gasteiger partial charge in [0, 0.05) is 30.1 Å². The summed E-state index contributed by atoms with van der Waals surface area (Å²) in [5.41, 5.74) is 4.22. The Morgan fingerprint density at radius 1 is 1.09 bits per heavy atom. The Kier molecular flexibility index (Phi) is 6.46. The first-order valence-electron chi connectivity index (χ1n) is 12.4. The minimum absolute atomic E-state index is 0.0760. The molecule has 180 valence electrons. The predicted molar refractivity (Wildman–Crippen MR) is 131 cm³/mol. The lowest BCUT2D eigenvalue weighted by atomic mass is 9.82. The Bertz CT molecular complexity index is 1170. The average molecular weight is 464 g/mol. The zero-order valence-electron chi connectivity index (χ0n) is 19.8. The van der Waals surface area contributed by atoms with Crippen molar-refractivity contribution in [1.29, 1.82) is 0 Å². The van der Waals surface area contributed by atoms with Crippen molar-refractivity contribution in [3.05, 3.63) is 47.9 Å². The van der Waals surface area contributed by atoms with Crippen LogP contribution < -0.4 is 5.32 Å². The van der Waals surface area contributed by atoms with Crippen LogP contribution in [0.1, 0.15) is 66.8 Å². The molecule has 0 atom stereocenters. The molecule has 2 fully saturated rings. The summed E-state index contributed by atoms with van der Waals surface area (Å²) in [5, 5.41) is 14.0. The standard InChI is InChI=1S/C27H33N3O4/c1-28-21-9-12-29(13-10-21)24(31)16-30-23-15-19(27(32)33)7-8-22(23)25(18-5-3-2-4-6-18)26(30)20-11-14-34-17-20/h7-8,11,14-15,17-18,21,28H,2-6,9-10,12-13,16H2,1H3,(H,32,33). The lowest BCUT2D eigenvalue weighted by Crippen LogP contribution is -2.45. The summed E-state index contributed by atoms with van der Waals surface area (Å²) >= 11 is 0. The highest BCUT2D eigenvalue weighted by molar-refractivity contribution is 5.99. The number of carboxylic acids is 1. The topological polar surface area (TPSA) is 87.7 Å². The summed E-state index contributed by atoms with van der Waals surface area (Å²) in [7, 11) is 1.97. The highest BCUT2D eigenvalue weighted by Crippen LogP contribution is 2.44. The van der Waals surface area contributed by atoms with Crippen LogP contribution in [0.2, 0.25) is 0 Å². The summed E-state index contributed by atoms with van der Waals surface area (Å²) in [4.78, 5) is 27.2. The molecule has 0 spiro atoms. The Morgan fingerprint density at radius 3 is 2.50 bits per heavy atom. The molecule has 2 aromatic heterocycles. The maximum absolute atomic E-state index is 13.5. The number of rotatable bonds is 6. The molecule has 1 aliphatic carbocycles. The third kappa shape index (κ3) is 4.25. The van der Waals surface area contributed by atoms with Gasteiger partial charge in [0.25, 0.3) is 0 Å². The van der Waals surface area contributed by atoms with Crippen molar-refractivity contribution in [1.82, 2.24) is 14.8 Å². The lowest BCUT2D eigenvalue weighted by molar-refractivity contribution is -0.132. The van der Waals surface area contributed by atoms with E-state index in [9.17, 15) is 14.7 Å². The number of carboxylic acid groups (broad SMARTS) is 1. The molecule has 7 heteroatoms. The van der Waals surface area contributed by atoms with Crippen molar-refractivity contribution < 1.29 is 19.1 Å². The first-order valence-corrected chi connectivity index (χ1v) is 12.4. The summed E-state index contributed by atoms with van der Waals surface area (Å²) < 4.78 is 7.50. The molecule has 0 unspecified atom stereocenters. The van der Waals surface area contributed by atoms with Crippen molar-refractivity contribution in [3.8, 4) is 11.3 Å². The molecule has 0 radical (unpaired) electrons. The van der Waals surface area contributed by atoms with Gasteiger partial charge in [0.1, 0.15) is 6.54 Å². The van der Waals surface area contributed by atoms with E-state index < -0.39 is 5.97 Å². The highest BCUT2D eigenvalue weighted by atomic mass is 16.4. The number of likely N-dealkylation sites (tertiary alicyclic amines) is 1. The lowest BCUT2D eigenvalue weighted by Gasteiger charge is -2.32. The Balaban J connectivity index is 1.62. The fraction of sp³-hybridized carbons (Fsp3) is 0.481. The van der Waals surface area contributed by atoms with E-state index in [1.54, 1.807) is 24.7 Å². The number of hydrogen-bond acceptors (Lipinski definition) is 4. The molecule has 5 rings (SSSR count). The largest absolute Gasteiger partial charge is 0.478 e. The second kappa shape index (κ2) is 9.66. The van der Waals surface area contributed by atoms with Gasteiger partial charge in [-0.3, -0.25) is 4.79 Å². The van der Waals surface area contributed by atoms with E-state index in [1.165, 1.54) is 24.8 Å². The number of hydrogen-bond donors (Lipinski definition) is 2. The van der Waals surface area contributed by atoms with Crippen molar-refractivity contribution in [3.63, 3.8) is 0 Å². The van der Waals surface area contributed by atoms with Crippen molar-refractivity contribution in [2.75, 3.05) is 20.1 Å².